The molecule has 0 radical (unpaired) electrons. The summed E-state index contributed by atoms with van der Waals surface area (Å²) in [5, 5.41) is 0. The lowest BCUT2D eigenvalue weighted by molar-refractivity contribution is 0.648. The Labute approximate surface area is 84.6 Å². The normalized spacial score (nSPS) is 26.1. The third-order valence-electron chi connectivity index (χ3n) is 2.57. The van der Waals surface area contributed by atoms with Gasteiger partial charge in [0.05, 0.1) is 0 Å². The molecule has 0 spiro atoms. The molecule has 0 aromatic carbocycles. The first-order chi connectivity index (χ1) is 5.79. The summed E-state index contributed by atoms with van der Waals surface area (Å²) in [6, 6.07) is 0. The molecular weight excluding hydrogens is 184 g/mol. The van der Waals surface area contributed by atoms with Crippen LogP contribution in [0.3, 0.4) is 0 Å². The van der Waals surface area contributed by atoms with E-state index in [1.54, 1.807) is 4.91 Å². The molecule has 1 heterocycles. The molecule has 0 saturated carbocycles. The van der Waals surface area contributed by atoms with E-state index in [0.29, 0.717) is 4.75 Å². The van der Waals surface area contributed by atoms with Crippen LogP contribution in [0.1, 0.15) is 33.6 Å². The summed E-state index contributed by atoms with van der Waals surface area (Å²) in [7, 11) is 0. The topological polar surface area (TPSA) is 0 Å². The van der Waals surface area contributed by atoms with Crippen molar-refractivity contribution in [2.45, 2.75) is 38.4 Å². The lowest BCUT2D eigenvalue weighted by Gasteiger charge is -2.37. The van der Waals surface area contributed by atoms with Crippen molar-refractivity contribution in [3.05, 3.63) is 11.0 Å². The maximum atomic E-state index is 2.31. The molecule has 1 aliphatic rings. The van der Waals surface area contributed by atoms with Gasteiger partial charge in [0.25, 0.3) is 0 Å². The fourth-order valence-electron chi connectivity index (χ4n) is 1.74. The number of hydrogen-bond acceptors (Lipinski definition) is 2. The van der Waals surface area contributed by atoms with Crippen LogP contribution in [0.4, 0.5) is 0 Å². The molecule has 0 aromatic heterocycles. The van der Waals surface area contributed by atoms with Gasteiger partial charge in [-0.3, -0.25) is 0 Å². The SMILES string of the molecule is C/C=C1/SCCSC1(CC)CC. The van der Waals surface area contributed by atoms with Crippen LogP contribution in [0.2, 0.25) is 0 Å². The lowest BCUT2D eigenvalue weighted by atomic mass is 10.0. The van der Waals surface area contributed by atoms with Crippen molar-refractivity contribution in [3.8, 4) is 0 Å². The third kappa shape index (κ3) is 1.85. The summed E-state index contributed by atoms with van der Waals surface area (Å²) >= 11 is 4.21. The minimum absolute atomic E-state index is 0.470. The molecule has 0 aliphatic carbocycles. The fraction of sp³-hybridized carbons (Fsp3) is 0.800. The molecule has 1 aliphatic heterocycles. The Morgan fingerprint density at radius 3 is 2.42 bits per heavy atom. The van der Waals surface area contributed by atoms with Crippen molar-refractivity contribution in [1.82, 2.24) is 0 Å². The van der Waals surface area contributed by atoms with Crippen LogP contribution in [0, 0.1) is 0 Å². The summed E-state index contributed by atoms with van der Waals surface area (Å²) in [6.07, 6.45) is 4.87. The maximum Gasteiger partial charge on any atom is 0.0459 e. The zero-order chi connectivity index (χ0) is 9.03. The van der Waals surface area contributed by atoms with Gasteiger partial charge in [0.15, 0.2) is 0 Å². The molecule has 2 heteroatoms. The van der Waals surface area contributed by atoms with Crippen molar-refractivity contribution >= 4 is 23.5 Å². The van der Waals surface area contributed by atoms with Crippen LogP contribution in [0.5, 0.6) is 0 Å². The highest BCUT2D eigenvalue weighted by atomic mass is 32.2. The Kier molecular flexibility index (Phi) is 4.04. The van der Waals surface area contributed by atoms with Gasteiger partial charge in [-0.15, -0.1) is 23.5 Å². The molecule has 0 bridgehead atoms. The maximum absolute atomic E-state index is 2.31. The van der Waals surface area contributed by atoms with Crippen LogP contribution < -0.4 is 0 Å². The van der Waals surface area contributed by atoms with Gasteiger partial charge in [0.1, 0.15) is 0 Å². The first kappa shape index (κ1) is 10.5. The van der Waals surface area contributed by atoms with Gasteiger partial charge in [-0.2, -0.15) is 0 Å². The highest BCUT2D eigenvalue weighted by Gasteiger charge is 2.33. The van der Waals surface area contributed by atoms with Gasteiger partial charge in [0.2, 0.25) is 0 Å². The van der Waals surface area contributed by atoms with E-state index in [2.05, 4.69) is 50.4 Å². The second kappa shape index (κ2) is 4.61. The number of rotatable bonds is 2. The Morgan fingerprint density at radius 2 is 2.00 bits per heavy atom. The molecule has 0 nitrogen and oxygen atoms in total. The predicted octanol–water partition coefficient (Wildman–Crippen LogP) is 3.93. The van der Waals surface area contributed by atoms with Gasteiger partial charge in [-0.1, -0.05) is 19.9 Å². The molecule has 12 heavy (non-hydrogen) atoms. The Hall–Kier alpha value is 0.440. The molecule has 0 N–H and O–H groups in total. The van der Waals surface area contributed by atoms with E-state index >= 15 is 0 Å². The fourth-order valence-corrected chi connectivity index (χ4v) is 4.76. The highest BCUT2D eigenvalue weighted by Crippen LogP contribution is 2.48. The smallest absolute Gasteiger partial charge is 0.0459 e. The van der Waals surface area contributed by atoms with Crippen molar-refractivity contribution < 1.29 is 0 Å². The van der Waals surface area contributed by atoms with Gasteiger partial charge in [-0.25, -0.2) is 0 Å². The predicted molar refractivity (Wildman–Crippen MR) is 62.0 cm³/mol. The second-order valence-electron chi connectivity index (χ2n) is 3.05. The summed E-state index contributed by atoms with van der Waals surface area (Å²) in [5.41, 5.74) is 0. The minimum Gasteiger partial charge on any atom is -0.149 e. The van der Waals surface area contributed by atoms with Crippen LogP contribution in [0.15, 0.2) is 11.0 Å². The number of thioether (sulfide) groups is 2. The second-order valence-corrected chi connectivity index (χ2v) is 5.67. The average Bonchev–Trinajstić information content (AvgIpc) is 2.17. The van der Waals surface area contributed by atoms with E-state index in [4.69, 9.17) is 0 Å². The van der Waals surface area contributed by atoms with Crippen LogP contribution >= 0.6 is 23.5 Å². The van der Waals surface area contributed by atoms with E-state index in [1.165, 1.54) is 24.3 Å². The Bertz CT molecular complexity index is 169. The summed E-state index contributed by atoms with van der Waals surface area (Å²) in [4.78, 5) is 1.61. The quantitative estimate of drug-likeness (QED) is 0.665. The molecule has 0 atom stereocenters. The molecule has 70 valence electrons. The minimum atomic E-state index is 0.470. The van der Waals surface area contributed by atoms with Crippen LogP contribution in [0.25, 0.3) is 0 Å². The molecule has 1 rings (SSSR count). The van der Waals surface area contributed by atoms with E-state index in [0.717, 1.165) is 0 Å². The summed E-state index contributed by atoms with van der Waals surface area (Å²) < 4.78 is 0.470. The van der Waals surface area contributed by atoms with E-state index in [9.17, 15) is 0 Å². The summed E-state index contributed by atoms with van der Waals surface area (Å²) in [6.45, 7) is 6.80. The number of hydrogen-bond donors (Lipinski definition) is 0. The van der Waals surface area contributed by atoms with Gasteiger partial charge < -0.3 is 0 Å². The van der Waals surface area contributed by atoms with Gasteiger partial charge in [-0.05, 0) is 24.7 Å². The first-order valence-corrected chi connectivity index (χ1v) is 6.69. The molecule has 0 amide bonds. The molecule has 1 fully saturated rings. The average molecular weight is 202 g/mol. The monoisotopic (exact) mass is 202 g/mol. The molecule has 0 unspecified atom stereocenters. The van der Waals surface area contributed by atoms with E-state index in [-0.39, 0.29) is 0 Å². The van der Waals surface area contributed by atoms with E-state index < -0.39 is 0 Å². The third-order valence-corrected chi connectivity index (χ3v) is 6.06. The Morgan fingerprint density at radius 1 is 1.33 bits per heavy atom. The van der Waals surface area contributed by atoms with Crippen LogP contribution in [-0.2, 0) is 0 Å². The summed E-state index contributed by atoms with van der Waals surface area (Å²) in [5.74, 6) is 2.62. The molecular formula is C10H18S2. The highest BCUT2D eigenvalue weighted by molar-refractivity contribution is 8.09. The van der Waals surface area contributed by atoms with Gasteiger partial charge in [0, 0.05) is 16.3 Å². The van der Waals surface area contributed by atoms with Crippen molar-refractivity contribution in [3.63, 3.8) is 0 Å². The van der Waals surface area contributed by atoms with Crippen molar-refractivity contribution in [2.24, 2.45) is 0 Å². The Balaban J connectivity index is 2.81. The van der Waals surface area contributed by atoms with E-state index in [1.807, 2.05) is 0 Å². The molecule has 1 saturated heterocycles. The van der Waals surface area contributed by atoms with Crippen LogP contribution in [-0.4, -0.2) is 16.3 Å². The largest absolute Gasteiger partial charge is 0.149 e. The standard InChI is InChI=1S/C10H18S2/c1-4-9-10(5-2,6-3)12-8-7-11-9/h4H,5-8H2,1-3H3/b9-4+. The zero-order valence-corrected chi connectivity index (χ0v) is 9.86. The molecule has 0 aromatic rings. The first-order valence-electron chi connectivity index (χ1n) is 4.72. The lowest BCUT2D eigenvalue weighted by Crippen LogP contribution is -2.28. The van der Waals surface area contributed by atoms with Crippen molar-refractivity contribution in [1.29, 1.82) is 0 Å². The van der Waals surface area contributed by atoms with Gasteiger partial charge >= 0.3 is 0 Å². The zero-order valence-electron chi connectivity index (χ0n) is 8.22. The number of allylic oxidation sites excluding steroid dienone is 1. The van der Waals surface area contributed by atoms with Crippen molar-refractivity contribution in [2.75, 3.05) is 11.5 Å².